The molecule has 0 saturated heterocycles. The Morgan fingerprint density at radius 3 is 2.69 bits per heavy atom. The van der Waals surface area contributed by atoms with Crippen LogP contribution in [0.15, 0.2) is 18.7 Å². The lowest BCUT2D eigenvalue weighted by Gasteiger charge is -2.19. The van der Waals surface area contributed by atoms with Crippen molar-refractivity contribution >= 4 is 0 Å². The maximum atomic E-state index is 5.59. The number of hydrogen-bond acceptors (Lipinski definition) is 2. The van der Waals surface area contributed by atoms with Crippen LogP contribution in [0, 0.1) is 0 Å². The van der Waals surface area contributed by atoms with Gasteiger partial charge in [-0.25, -0.2) is 4.98 Å². The molecule has 74 valence electrons. The molecule has 0 spiro atoms. The second-order valence-electron chi connectivity index (χ2n) is 4.11. The Balaban J connectivity index is 2.09. The predicted octanol–water partition coefficient (Wildman–Crippen LogP) is 2.09. The fourth-order valence-corrected chi connectivity index (χ4v) is 1.04. The van der Waals surface area contributed by atoms with E-state index in [1.165, 1.54) is 0 Å². The van der Waals surface area contributed by atoms with E-state index < -0.39 is 0 Å². The first-order valence-electron chi connectivity index (χ1n) is 4.68. The van der Waals surface area contributed by atoms with Gasteiger partial charge in [-0.3, -0.25) is 0 Å². The Morgan fingerprint density at radius 1 is 1.38 bits per heavy atom. The van der Waals surface area contributed by atoms with Crippen LogP contribution in [0.3, 0.4) is 0 Å². The molecule has 1 heterocycles. The highest BCUT2D eigenvalue weighted by atomic mass is 16.5. The number of hydrogen-bond donors (Lipinski definition) is 0. The summed E-state index contributed by atoms with van der Waals surface area (Å²) in [5, 5.41) is 0. The van der Waals surface area contributed by atoms with Crippen LogP contribution >= 0.6 is 0 Å². The first-order valence-corrected chi connectivity index (χ1v) is 4.68. The summed E-state index contributed by atoms with van der Waals surface area (Å²) in [6.45, 7) is 8.01. The summed E-state index contributed by atoms with van der Waals surface area (Å²) >= 11 is 0. The molecule has 1 rings (SSSR count). The van der Waals surface area contributed by atoms with Crippen molar-refractivity contribution < 1.29 is 4.74 Å². The zero-order chi connectivity index (χ0) is 9.73. The van der Waals surface area contributed by atoms with Crippen LogP contribution in [0.25, 0.3) is 0 Å². The van der Waals surface area contributed by atoms with Gasteiger partial charge in [0.05, 0.1) is 11.9 Å². The van der Waals surface area contributed by atoms with Crippen LogP contribution in [0.5, 0.6) is 0 Å². The number of aryl methyl sites for hydroxylation is 1. The summed E-state index contributed by atoms with van der Waals surface area (Å²) < 4.78 is 7.66. The molecule has 0 radical (unpaired) electrons. The minimum atomic E-state index is -0.0189. The topological polar surface area (TPSA) is 27.1 Å². The van der Waals surface area contributed by atoms with Gasteiger partial charge in [0.2, 0.25) is 0 Å². The van der Waals surface area contributed by atoms with Crippen molar-refractivity contribution in [2.24, 2.45) is 0 Å². The first kappa shape index (κ1) is 10.3. The lowest BCUT2D eigenvalue weighted by Crippen LogP contribution is -2.20. The molecule has 0 N–H and O–H groups in total. The Hall–Kier alpha value is -0.830. The molecule has 0 amide bonds. The number of rotatable bonds is 4. The van der Waals surface area contributed by atoms with Crippen molar-refractivity contribution in [3.8, 4) is 0 Å². The SMILES string of the molecule is CC(C)(C)OCCCn1ccnc1. The van der Waals surface area contributed by atoms with Crippen molar-refractivity contribution in [2.45, 2.75) is 39.3 Å². The Bertz CT molecular complexity index is 224. The zero-order valence-electron chi connectivity index (χ0n) is 8.66. The minimum absolute atomic E-state index is 0.0189. The molecule has 0 aliphatic carbocycles. The van der Waals surface area contributed by atoms with E-state index in [1.807, 2.05) is 12.5 Å². The molecule has 0 aliphatic rings. The van der Waals surface area contributed by atoms with E-state index in [0.717, 1.165) is 19.6 Å². The van der Waals surface area contributed by atoms with E-state index >= 15 is 0 Å². The van der Waals surface area contributed by atoms with E-state index in [-0.39, 0.29) is 5.60 Å². The van der Waals surface area contributed by atoms with Crippen LogP contribution in [0.4, 0.5) is 0 Å². The number of imidazole rings is 1. The maximum Gasteiger partial charge on any atom is 0.0945 e. The normalized spacial score (nSPS) is 11.9. The summed E-state index contributed by atoms with van der Waals surface area (Å²) in [5.41, 5.74) is -0.0189. The largest absolute Gasteiger partial charge is 0.376 e. The van der Waals surface area contributed by atoms with Crippen LogP contribution < -0.4 is 0 Å². The molecule has 3 heteroatoms. The molecule has 1 aromatic rings. The van der Waals surface area contributed by atoms with Crippen LogP contribution in [-0.4, -0.2) is 21.8 Å². The third-order valence-electron chi connectivity index (χ3n) is 1.65. The van der Waals surface area contributed by atoms with Crippen molar-refractivity contribution in [3.05, 3.63) is 18.7 Å². The Labute approximate surface area is 79.7 Å². The molecule has 1 aromatic heterocycles. The molecule has 3 nitrogen and oxygen atoms in total. The van der Waals surface area contributed by atoms with E-state index in [9.17, 15) is 0 Å². The highest BCUT2D eigenvalue weighted by Gasteiger charge is 2.08. The van der Waals surface area contributed by atoms with E-state index in [4.69, 9.17) is 4.74 Å². The van der Waals surface area contributed by atoms with E-state index in [2.05, 4.69) is 30.3 Å². The molecular weight excluding hydrogens is 164 g/mol. The summed E-state index contributed by atoms with van der Waals surface area (Å²) in [4.78, 5) is 3.97. The molecule has 0 aliphatic heterocycles. The minimum Gasteiger partial charge on any atom is -0.376 e. The fourth-order valence-electron chi connectivity index (χ4n) is 1.04. The molecule has 0 fully saturated rings. The second kappa shape index (κ2) is 4.42. The highest BCUT2D eigenvalue weighted by Crippen LogP contribution is 2.07. The molecule has 0 saturated carbocycles. The number of aromatic nitrogens is 2. The van der Waals surface area contributed by atoms with E-state index in [0.29, 0.717) is 0 Å². The Morgan fingerprint density at radius 2 is 2.15 bits per heavy atom. The fraction of sp³-hybridized carbons (Fsp3) is 0.700. The van der Waals surface area contributed by atoms with Crippen LogP contribution in [-0.2, 0) is 11.3 Å². The van der Waals surface area contributed by atoms with Gasteiger partial charge in [-0.15, -0.1) is 0 Å². The van der Waals surface area contributed by atoms with Gasteiger partial charge in [-0.05, 0) is 27.2 Å². The molecule has 13 heavy (non-hydrogen) atoms. The van der Waals surface area contributed by atoms with Gasteiger partial charge in [0.15, 0.2) is 0 Å². The second-order valence-corrected chi connectivity index (χ2v) is 4.11. The molecule has 0 atom stereocenters. The quantitative estimate of drug-likeness (QED) is 0.667. The maximum absolute atomic E-state index is 5.59. The van der Waals surface area contributed by atoms with Gasteiger partial charge < -0.3 is 9.30 Å². The van der Waals surface area contributed by atoms with Crippen molar-refractivity contribution in [1.29, 1.82) is 0 Å². The van der Waals surface area contributed by atoms with Gasteiger partial charge >= 0.3 is 0 Å². The molecule has 0 aromatic carbocycles. The van der Waals surface area contributed by atoms with Gasteiger partial charge in [0.25, 0.3) is 0 Å². The van der Waals surface area contributed by atoms with Crippen molar-refractivity contribution in [2.75, 3.05) is 6.61 Å². The first-order chi connectivity index (χ1) is 6.08. The summed E-state index contributed by atoms with van der Waals surface area (Å²) in [6.07, 6.45) is 6.63. The van der Waals surface area contributed by atoms with Crippen molar-refractivity contribution in [1.82, 2.24) is 9.55 Å². The monoisotopic (exact) mass is 182 g/mol. The average Bonchev–Trinajstić information content (AvgIpc) is 2.48. The predicted molar refractivity (Wildman–Crippen MR) is 52.5 cm³/mol. The van der Waals surface area contributed by atoms with Gasteiger partial charge in [0, 0.05) is 25.5 Å². The summed E-state index contributed by atoms with van der Waals surface area (Å²) in [6, 6.07) is 0. The average molecular weight is 182 g/mol. The molecular formula is C10H18N2O. The highest BCUT2D eigenvalue weighted by molar-refractivity contribution is 4.73. The Kier molecular flexibility index (Phi) is 3.48. The zero-order valence-corrected chi connectivity index (χ0v) is 8.66. The standard InChI is InChI=1S/C10H18N2O/c1-10(2,3)13-8-4-6-12-7-5-11-9-12/h5,7,9H,4,6,8H2,1-3H3. The smallest absolute Gasteiger partial charge is 0.0945 e. The third-order valence-corrected chi connectivity index (χ3v) is 1.65. The van der Waals surface area contributed by atoms with Crippen molar-refractivity contribution in [3.63, 3.8) is 0 Å². The number of nitrogens with zero attached hydrogens (tertiary/aromatic N) is 2. The summed E-state index contributed by atoms with van der Waals surface area (Å²) in [7, 11) is 0. The van der Waals surface area contributed by atoms with Gasteiger partial charge in [0.1, 0.15) is 0 Å². The van der Waals surface area contributed by atoms with Crippen LogP contribution in [0.2, 0.25) is 0 Å². The third kappa shape index (κ3) is 4.68. The lowest BCUT2D eigenvalue weighted by atomic mass is 10.2. The van der Waals surface area contributed by atoms with Gasteiger partial charge in [-0.1, -0.05) is 0 Å². The molecule has 0 bridgehead atoms. The van der Waals surface area contributed by atoms with Crippen LogP contribution in [0.1, 0.15) is 27.2 Å². The van der Waals surface area contributed by atoms with E-state index in [1.54, 1.807) is 6.20 Å². The number of ether oxygens (including phenoxy) is 1. The molecule has 0 unspecified atom stereocenters. The van der Waals surface area contributed by atoms with Gasteiger partial charge in [-0.2, -0.15) is 0 Å². The summed E-state index contributed by atoms with van der Waals surface area (Å²) in [5.74, 6) is 0. The lowest BCUT2D eigenvalue weighted by molar-refractivity contribution is -0.00526.